The van der Waals surface area contributed by atoms with Crippen LogP contribution in [0.1, 0.15) is 54.4 Å². The lowest BCUT2D eigenvalue weighted by atomic mass is 9.98. The Balaban J connectivity index is 2.42. The van der Waals surface area contributed by atoms with Crippen molar-refractivity contribution in [3.8, 4) is 11.5 Å². The Labute approximate surface area is 167 Å². The van der Waals surface area contributed by atoms with Crippen molar-refractivity contribution in [2.75, 3.05) is 0 Å². The smallest absolute Gasteiger partial charge is 0.137 e. The maximum absolute atomic E-state index is 6.68. The Kier molecular flexibility index (Phi) is 5.31. The summed E-state index contributed by atoms with van der Waals surface area (Å²) in [4.78, 5) is 0. The van der Waals surface area contributed by atoms with Crippen LogP contribution in [0.2, 0.25) is 5.02 Å². The Bertz CT molecular complexity index is 973. The summed E-state index contributed by atoms with van der Waals surface area (Å²) >= 11 is 6.68. The van der Waals surface area contributed by atoms with Crippen LogP contribution in [0.3, 0.4) is 0 Å². The van der Waals surface area contributed by atoms with Crippen molar-refractivity contribution in [1.29, 1.82) is 0 Å². The van der Waals surface area contributed by atoms with Crippen LogP contribution >= 0.6 is 11.6 Å². The summed E-state index contributed by atoms with van der Waals surface area (Å²) < 4.78 is 13.1. The average Bonchev–Trinajstić information content (AvgIpc) is 2.64. The molecule has 0 aromatic heterocycles. The van der Waals surface area contributed by atoms with E-state index >= 15 is 0 Å². The van der Waals surface area contributed by atoms with E-state index in [9.17, 15) is 0 Å². The highest BCUT2D eigenvalue weighted by Gasteiger charge is 2.26. The number of ether oxygens (including phenoxy) is 2. The van der Waals surface area contributed by atoms with Crippen molar-refractivity contribution < 1.29 is 9.47 Å². The van der Waals surface area contributed by atoms with Gasteiger partial charge < -0.3 is 9.47 Å². The third-order valence-electron chi connectivity index (χ3n) is 5.36. The molecule has 3 rings (SSSR count). The van der Waals surface area contributed by atoms with Gasteiger partial charge in [0.05, 0.1) is 5.02 Å². The van der Waals surface area contributed by atoms with Crippen molar-refractivity contribution >= 4 is 33.1 Å². The first kappa shape index (κ1) is 19.8. The van der Waals surface area contributed by atoms with E-state index < -0.39 is 0 Å². The lowest BCUT2D eigenvalue weighted by Crippen LogP contribution is -2.28. The maximum Gasteiger partial charge on any atom is 0.137 e. The third kappa shape index (κ3) is 3.87. The van der Waals surface area contributed by atoms with Crippen LogP contribution in [0, 0.1) is 0 Å². The van der Waals surface area contributed by atoms with E-state index in [1.807, 2.05) is 24.3 Å². The zero-order chi connectivity index (χ0) is 19.8. The van der Waals surface area contributed by atoms with Gasteiger partial charge in [-0.1, -0.05) is 61.8 Å². The molecule has 0 fully saturated rings. The first-order valence-corrected chi connectivity index (χ1v) is 10.1. The van der Waals surface area contributed by atoms with Crippen LogP contribution < -0.4 is 9.47 Å². The van der Waals surface area contributed by atoms with Crippen LogP contribution in [-0.2, 0) is 0 Å². The Hall–Kier alpha value is -1.93. The summed E-state index contributed by atoms with van der Waals surface area (Å²) in [6.07, 6.45) is 1.80. The van der Waals surface area contributed by atoms with E-state index in [1.54, 1.807) is 0 Å². The predicted octanol–water partition coefficient (Wildman–Crippen LogP) is 7.78. The topological polar surface area (TPSA) is 18.5 Å². The molecule has 0 unspecified atom stereocenters. The first-order valence-electron chi connectivity index (χ1n) is 9.70. The van der Waals surface area contributed by atoms with E-state index in [4.69, 9.17) is 21.1 Å². The molecule has 0 aliphatic carbocycles. The second-order valence-electron chi connectivity index (χ2n) is 8.30. The van der Waals surface area contributed by atoms with Gasteiger partial charge >= 0.3 is 0 Å². The van der Waals surface area contributed by atoms with Gasteiger partial charge in [0.2, 0.25) is 0 Å². The van der Waals surface area contributed by atoms with Gasteiger partial charge in [0.25, 0.3) is 0 Å². The van der Waals surface area contributed by atoms with Gasteiger partial charge in [-0.15, -0.1) is 0 Å². The molecule has 0 saturated carbocycles. The SMILES string of the molecule is CCC(C)(C)Oc1c2ccccc2c(OC(C)(C)CC)c2c(Cl)cccc12. The van der Waals surface area contributed by atoms with Crippen molar-refractivity contribution in [2.24, 2.45) is 0 Å². The molecule has 27 heavy (non-hydrogen) atoms. The molecule has 0 aliphatic heterocycles. The minimum absolute atomic E-state index is 0.275. The largest absolute Gasteiger partial charge is 0.487 e. The number of fused-ring (bicyclic) bond motifs is 2. The summed E-state index contributed by atoms with van der Waals surface area (Å²) in [6, 6.07) is 14.2. The van der Waals surface area contributed by atoms with Gasteiger partial charge in [-0.3, -0.25) is 0 Å². The van der Waals surface area contributed by atoms with Gasteiger partial charge in [-0.2, -0.15) is 0 Å². The Morgan fingerprint density at radius 1 is 0.704 bits per heavy atom. The predicted molar refractivity (Wildman–Crippen MR) is 116 cm³/mol. The zero-order valence-corrected chi connectivity index (χ0v) is 17.9. The van der Waals surface area contributed by atoms with Crippen LogP contribution in [0.5, 0.6) is 11.5 Å². The summed E-state index contributed by atoms with van der Waals surface area (Å²) in [5.41, 5.74) is -0.566. The van der Waals surface area contributed by atoms with E-state index in [2.05, 4.69) is 59.7 Å². The maximum atomic E-state index is 6.68. The molecule has 0 spiro atoms. The zero-order valence-electron chi connectivity index (χ0n) is 17.2. The van der Waals surface area contributed by atoms with Crippen LogP contribution in [-0.4, -0.2) is 11.2 Å². The van der Waals surface area contributed by atoms with Crippen molar-refractivity contribution in [1.82, 2.24) is 0 Å². The first-order chi connectivity index (χ1) is 12.7. The van der Waals surface area contributed by atoms with Gasteiger partial charge in [-0.05, 0) is 46.6 Å². The van der Waals surface area contributed by atoms with Gasteiger partial charge in [0.1, 0.15) is 22.7 Å². The molecule has 2 nitrogen and oxygen atoms in total. The summed E-state index contributed by atoms with van der Waals surface area (Å²) in [5, 5.41) is 4.67. The molecule has 0 heterocycles. The third-order valence-corrected chi connectivity index (χ3v) is 5.68. The standard InChI is InChI=1S/C24H29ClO2/c1-7-23(3,4)26-21-16-12-9-10-13-17(16)22(27-24(5,6)8-2)20-18(21)14-11-15-19(20)25/h9-15H,7-8H2,1-6H3. The molecular weight excluding hydrogens is 356 g/mol. The highest BCUT2D eigenvalue weighted by atomic mass is 35.5. The van der Waals surface area contributed by atoms with E-state index in [0.29, 0.717) is 5.02 Å². The molecule has 0 amide bonds. The number of halogens is 1. The number of hydrogen-bond acceptors (Lipinski definition) is 2. The Morgan fingerprint density at radius 3 is 1.74 bits per heavy atom. The molecule has 0 radical (unpaired) electrons. The molecule has 144 valence electrons. The van der Waals surface area contributed by atoms with Crippen molar-refractivity contribution in [3.05, 3.63) is 47.5 Å². The molecular formula is C24H29ClO2. The second kappa shape index (κ2) is 7.24. The molecule has 0 aliphatic rings. The number of benzene rings is 3. The van der Waals surface area contributed by atoms with E-state index in [-0.39, 0.29) is 11.2 Å². The molecule has 0 bridgehead atoms. The second-order valence-corrected chi connectivity index (χ2v) is 8.70. The number of hydrogen-bond donors (Lipinski definition) is 0. The molecule has 3 aromatic carbocycles. The van der Waals surface area contributed by atoms with Gasteiger partial charge in [-0.25, -0.2) is 0 Å². The fourth-order valence-electron chi connectivity index (χ4n) is 3.02. The fraction of sp³-hybridized carbons (Fsp3) is 0.417. The quantitative estimate of drug-likeness (QED) is 0.404. The van der Waals surface area contributed by atoms with Crippen LogP contribution in [0.25, 0.3) is 21.5 Å². The van der Waals surface area contributed by atoms with E-state index in [1.165, 1.54) is 0 Å². The van der Waals surface area contributed by atoms with E-state index in [0.717, 1.165) is 45.9 Å². The van der Waals surface area contributed by atoms with Crippen LogP contribution in [0.15, 0.2) is 42.5 Å². The lowest BCUT2D eigenvalue weighted by Gasteiger charge is -2.30. The summed E-state index contributed by atoms with van der Waals surface area (Å²) in [5.74, 6) is 1.70. The van der Waals surface area contributed by atoms with Crippen LogP contribution in [0.4, 0.5) is 0 Å². The minimum atomic E-state index is -0.292. The summed E-state index contributed by atoms with van der Waals surface area (Å²) in [7, 11) is 0. The molecule has 3 heteroatoms. The fourth-order valence-corrected chi connectivity index (χ4v) is 3.28. The monoisotopic (exact) mass is 384 g/mol. The van der Waals surface area contributed by atoms with Gasteiger partial charge in [0.15, 0.2) is 0 Å². The minimum Gasteiger partial charge on any atom is -0.487 e. The molecule has 0 atom stereocenters. The highest BCUT2D eigenvalue weighted by Crippen LogP contribution is 2.47. The number of rotatable bonds is 6. The van der Waals surface area contributed by atoms with Gasteiger partial charge in [0, 0.05) is 21.5 Å². The molecule has 0 N–H and O–H groups in total. The average molecular weight is 385 g/mol. The molecule has 3 aromatic rings. The molecule has 0 saturated heterocycles. The normalized spacial score (nSPS) is 12.6. The highest BCUT2D eigenvalue weighted by molar-refractivity contribution is 6.37. The Morgan fingerprint density at radius 2 is 1.19 bits per heavy atom. The van der Waals surface area contributed by atoms with Crippen molar-refractivity contribution in [2.45, 2.75) is 65.6 Å². The lowest BCUT2D eigenvalue weighted by molar-refractivity contribution is 0.106. The summed E-state index contributed by atoms with van der Waals surface area (Å²) in [6.45, 7) is 12.7. The van der Waals surface area contributed by atoms with Crippen molar-refractivity contribution in [3.63, 3.8) is 0 Å².